The van der Waals surface area contributed by atoms with E-state index in [4.69, 9.17) is 11.6 Å². The number of hydrogen-bond acceptors (Lipinski definition) is 2. The number of carbonyl (C=O) groups excluding carboxylic acids is 1. The summed E-state index contributed by atoms with van der Waals surface area (Å²) in [5, 5.41) is 2.91. The van der Waals surface area contributed by atoms with Crippen molar-refractivity contribution in [2.24, 2.45) is 0 Å². The maximum absolute atomic E-state index is 11.5. The van der Waals surface area contributed by atoms with E-state index in [9.17, 15) is 4.79 Å². The van der Waals surface area contributed by atoms with Gasteiger partial charge in [-0.1, -0.05) is 18.2 Å². The van der Waals surface area contributed by atoms with Gasteiger partial charge < -0.3 is 5.32 Å². The average Bonchev–Trinajstić information content (AvgIpc) is 2.28. The fraction of sp³-hybridized carbons (Fsp3) is 0.417. The van der Waals surface area contributed by atoms with Crippen molar-refractivity contribution in [1.29, 1.82) is 0 Å². The normalized spacial score (nSPS) is 12.1. The molecule has 1 rings (SSSR count). The first-order valence-corrected chi connectivity index (χ1v) is 6.77. The molecule has 0 radical (unpaired) electrons. The molecule has 2 nitrogen and oxygen atoms in total. The van der Waals surface area contributed by atoms with Crippen LogP contribution in [0.2, 0.25) is 0 Å². The molecule has 0 aliphatic carbocycles. The first-order chi connectivity index (χ1) is 7.72. The highest BCUT2D eigenvalue weighted by molar-refractivity contribution is 8.00. The Balaban J connectivity index is 2.25. The van der Waals surface area contributed by atoms with Crippen molar-refractivity contribution in [3.8, 4) is 0 Å². The minimum absolute atomic E-state index is 0.0615. The number of rotatable bonds is 6. The third-order valence-electron chi connectivity index (χ3n) is 2.06. The van der Waals surface area contributed by atoms with Crippen molar-refractivity contribution >= 4 is 29.3 Å². The van der Waals surface area contributed by atoms with Gasteiger partial charge in [0, 0.05) is 16.8 Å². The number of thioether (sulfide) groups is 1. The second kappa shape index (κ2) is 7.58. The van der Waals surface area contributed by atoms with Crippen LogP contribution in [0, 0.1) is 0 Å². The van der Waals surface area contributed by atoms with Crippen molar-refractivity contribution in [3.63, 3.8) is 0 Å². The highest BCUT2D eigenvalue weighted by Crippen LogP contribution is 2.16. The SMILES string of the molecule is CC(CCCl)NC(=O)CSc1ccccc1. The van der Waals surface area contributed by atoms with Gasteiger partial charge in [0.05, 0.1) is 5.75 Å². The third kappa shape index (κ3) is 5.42. The van der Waals surface area contributed by atoms with Gasteiger partial charge in [-0.3, -0.25) is 4.79 Å². The Morgan fingerprint density at radius 2 is 2.12 bits per heavy atom. The van der Waals surface area contributed by atoms with Gasteiger partial charge in [0.15, 0.2) is 0 Å². The summed E-state index contributed by atoms with van der Waals surface area (Å²) in [7, 11) is 0. The quantitative estimate of drug-likeness (QED) is 0.627. The fourth-order valence-corrected chi connectivity index (χ4v) is 2.28. The van der Waals surface area contributed by atoms with Crippen LogP contribution in [0.4, 0.5) is 0 Å². The number of halogens is 1. The fourth-order valence-electron chi connectivity index (χ4n) is 1.22. The van der Waals surface area contributed by atoms with Gasteiger partial charge in [-0.05, 0) is 25.5 Å². The van der Waals surface area contributed by atoms with Crippen LogP contribution >= 0.6 is 23.4 Å². The van der Waals surface area contributed by atoms with Crippen LogP contribution in [0.3, 0.4) is 0 Å². The van der Waals surface area contributed by atoms with Gasteiger partial charge in [-0.15, -0.1) is 23.4 Å². The van der Waals surface area contributed by atoms with Gasteiger partial charge in [0.1, 0.15) is 0 Å². The molecule has 0 saturated heterocycles. The number of benzene rings is 1. The molecule has 1 aromatic rings. The van der Waals surface area contributed by atoms with Crippen LogP contribution in [0.1, 0.15) is 13.3 Å². The molecule has 0 spiro atoms. The van der Waals surface area contributed by atoms with Crippen molar-refractivity contribution < 1.29 is 4.79 Å². The van der Waals surface area contributed by atoms with Crippen molar-refractivity contribution in [1.82, 2.24) is 5.32 Å². The van der Waals surface area contributed by atoms with Crippen LogP contribution in [0.25, 0.3) is 0 Å². The summed E-state index contributed by atoms with van der Waals surface area (Å²) in [4.78, 5) is 12.6. The summed E-state index contributed by atoms with van der Waals surface area (Å²) in [6.07, 6.45) is 0.809. The number of carbonyl (C=O) groups is 1. The third-order valence-corrected chi connectivity index (χ3v) is 3.29. The zero-order valence-electron chi connectivity index (χ0n) is 9.28. The maximum atomic E-state index is 11.5. The van der Waals surface area contributed by atoms with Crippen LogP contribution in [-0.2, 0) is 4.79 Å². The molecule has 1 amide bonds. The monoisotopic (exact) mass is 257 g/mol. The first-order valence-electron chi connectivity index (χ1n) is 5.25. The van der Waals surface area contributed by atoms with E-state index in [2.05, 4.69) is 5.32 Å². The Morgan fingerprint density at radius 1 is 1.44 bits per heavy atom. The molecule has 0 bridgehead atoms. The van der Waals surface area contributed by atoms with E-state index in [-0.39, 0.29) is 11.9 Å². The number of hydrogen-bond donors (Lipinski definition) is 1. The Bertz CT molecular complexity index is 318. The van der Waals surface area contributed by atoms with E-state index in [1.54, 1.807) is 11.8 Å². The zero-order valence-corrected chi connectivity index (χ0v) is 10.9. The van der Waals surface area contributed by atoms with Gasteiger partial charge in [0.25, 0.3) is 0 Å². The summed E-state index contributed by atoms with van der Waals surface area (Å²) in [5.41, 5.74) is 0. The molecule has 4 heteroatoms. The van der Waals surface area contributed by atoms with Gasteiger partial charge in [-0.25, -0.2) is 0 Å². The predicted molar refractivity (Wildman–Crippen MR) is 70.1 cm³/mol. The van der Waals surface area contributed by atoms with Crippen LogP contribution < -0.4 is 5.32 Å². The Morgan fingerprint density at radius 3 is 2.75 bits per heavy atom. The zero-order chi connectivity index (χ0) is 11.8. The van der Waals surface area contributed by atoms with E-state index in [0.29, 0.717) is 11.6 Å². The van der Waals surface area contributed by atoms with Crippen molar-refractivity contribution in [2.45, 2.75) is 24.3 Å². The molecule has 16 heavy (non-hydrogen) atoms. The summed E-state index contributed by atoms with van der Waals surface area (Å²) in [6, 6.07) is 10.1. The molecule has 1 atom stereocenters. The van der Waals surface area contributed by atoms with E-state index < -0.39 is 0 Å². The smallest absolute Gasteiger partial charge is 0.230 e. The molecule has 0 aliphatic rings. The molecule has 0 aromatic heterocycles. The van der Waals surface area contributed by atoms with Crippen molar-refractivity contribution in [2.75, 3.05) is 11.6 Å². The maximum Gasteiger partial charge on any atom is 0.230 e. The molecule has 1 N–H and O–H groups in total. The second-order valence-corrected chi connectivity index (χ2v) is 4.97. The minimum Gasteiger partial charge on any atom is -0.353 e. The number of alkyl halides is 1. The lowest BCUT2D eigenvalue weighted by molar-refractivity contribution is -0.119. The molecule has 88 valence electrons. The van der Waals surface area contributed by atoms with E-state index in [1.807, 2.05) is 37.3 Å². The molecule has 0 aliphatic heterocycles. The van der Waals surface area contributed by atoms with Gasteiger partial charge in [0.2, 0.25) is 5.91 Å². The molecule has 1 unspecified atom stereocenters. The summed E-state index contributed by atoms with van der Waals surface area (Å²) < 4.78 is 0. The highest BCUT2D eigenvalue weighted by Gasteiger charge is 2.06. The van der Waals surface area contributed by atoms with Gasteiger partial charge in [-0.2, -0.15) is 0 Å². The van der Waals surface area contributed by atoms with Gasteiger partial charge >= 0.3 is 0 Å². The van der Waals surface area contributed by atoms with Crippen molar-refractivity contribution in [3.05, 3.63) is 30.3 Å². The van der Waals surface area contributed by atoms with Crippen LogP contribution in [-0.4, -0.2) is 23.6 Å². The largest absolute Gasteiger partial charge is 0.353 e. The summed E-state index contributed by atoms with van der Waals surface area (Å²) in [5.74, 6) is 1.09. The second-order valence-electron chi connectivity index (χ2n) is 3.55. The first kappa shape index (κ1) is 13.4. The molecule has 0 saturated carbocycles. The number of nitrogens with one attached hydrogen (secondary N) is 1. The van der Waals surface area contributed by atoms with E-state index in [1.165, 1.54) is 0 Å². The molecule has 0 heterocycles. The Kier molecular flexibility index (Phi) is 6.34. The molecule has 1 aromatic carbocycles. The van der Waals surface area contributed by atoms with Crippen LogP contribution in [0.15, 0.2) is 35.2 Å². The lowest BCUT2D eigenvalue weighted by Gasteiger charge is -2.11. The molecular formula is C12H16ClNOS. The standard InChI is InChI=1S/C12H16ClNOS/c1-10(7-8-13)14-12(15)9-16-11-5-3-2-4-6-11/h2-6,10H,7-9H2,1H3,(H,14,15). The Labute approximate surface area is 106 Å². The molecule has 0 fully saturated rings. The highest BCUT2D eigenvalue weighted by atomic mass is 35.5. The summed E-state index contributed by atoms with van der Waals surface area (Å²) in [6.45, 7) is 1.97. The summed E-state index contributed by atoms with van der Waals surface area (Å²) >= 11 is 7.14. The minimum atomic E-state index is 0.0615. The van der Waals surface area contributed by atoms with Crippen LogP contribution in [0.5, 0.6) is 0 Å². The Hall–Kier alpha value is -0.670. The molecular weight excluding hydrogens is 242 g/mol. The topological polar surface area (TPSA) is 29.1 Å². The van der Waals surface area contributed by atoms with E-state index in [0.717, 1.165) is 11.3 Å². The predicted octanol–water partition coefficient (Wildman–Crippen LogP) is 2.91. The van der Waals surface area contributed by atoms with E-state index >= 15 is 0 Å². The lowest BCUT2D eigenvalue weighted by Crippen LogP contribution is -2.34. The average molecular weight is 258 g/mol. The lowest BCUT2D eigenvalue weighted by atomic mass is 10.2. The number of amides is 1.